The molecule has 0 rings (SSSR count). The number of carbonyl (C=O) groups is 1. The van der Waals surface area contributed by atoms with E-state index in [9.17, 15) is 4.79 Å². The van der Waals surface area contributed by atoms with Gasteiger partial charge in [-0.25, -0.2) is 0 Å². The monoisotopic (exact) mass is 182 g/mol. The van der Waals surface area contributed by atoms with Crippen molar-refractivity contribution >= 4 is 5.97 Å². The lowest BCUT2D eigenvalue weighted by atomic mass is 9.96. The highest BCUT2D eigenvalue weighted by Gasteiger charge is 2.18. The van der Waals surface area contributed by atoms with E-state index in [-0.39, 0.29) is 11.9 Å². The Morgan fingerprint density at radius 1 is 1.62 bits per heavy atom. The molecule has 0 saturated carbocycles. The number of esters is 1. The molecule has 74 valence electrons. The van der Waals surface area contributed by atoms with Crippen molar-refractivity contribution < 1.29 is 9.53 Å². The number of allylic oxidation sites excluding steroid dienone is 1. The Morgan fingerprint density at radius 3 is 2.62 bits per heavy atom. The minimum absolute atomic E-state index is 0.169. The average molecular weight is 182 g/mol. The standard InChI is InChI=1S/C11H18O2/c1-5-7-8-10(9(3)4)11(12)13-6-2/h5,10H,1,3,6-8H2,2,4H3. The van der Waals surface area contributed by atoms with Gasteiger partial charge in [-0.2, -0.15) is 0 Å². The van der Waals surface area contributed by atoms with Crippen molar-refractivity contribution in [2.75, 3.05) is 6.61 Å². The number of ether oxygens (including phenoxy) is 1. The molecule has 0 aliphatic carbocycles. The second-order valence-electron chi connectivity index (χ2n) is 3.02. The molecular weight excluding hydrogens is 164 g/mol. The molecule has 1 unspecified atom stereocenters. The van der Waals surface area contributed by atoms with Crippen LogP contribution in [0.4, 0.5) is 0 Å². The van der Waals surface area contributed by atoms with Gasteiger partial charge in [0.2, 0.25) is 0 Å². The molecule has 13 heavy (non-hydrogen) atoms. The van der Waals surface area contributed by atoms with Gasteiger partial charge >= 0.3 is 5.97 Å². The lowest BCUT2D eigenvalue weighted by Crippen LogP contribution is -2.18. The van der Waals surface area contributed by atoms with Crippen LogP contribution in [-0.4, -0.2) is 12.6 Å². The van der Waals surface area contributed by atoms with Crippen LogP contribution in [0.2, 0.25) is 0 Å². The van der Waals surface area contributed by atoms with Gasteiger partial charge in [0.15, 0.2) is 0 Å². The molecule has 0 heterocycles. The van der Waals surface area contributed by atoms with Gasteiger partial charge in [-0.05, 0) is 26.7 Å². The van der Waals surface area contributed by atoms with Crippen LogP contribution in [-0.2, 0) is 9.53 Å². The molecule has 0 aromatic rings. The normalized spacial score (nSPS) is 11.8. The van der Waals surface area contributed by atoms with E-state index in [4.69, 9.17) is 4.74 Å². The van der Waals surface area contributed by atoms with Crippen LogP contribution in [0, 0.1) is 5.92 Å². The molecule has 0 aromatic carbocycles. The highest BCUT2D eigenvalue weighted by molar-refractivity contribution is 5.75. The predicted octanol–water partition coefficient (Wildman–Crippen LogP) is 2.71. The zero-order chi connectivity index (χ0) is 10.3. The smallest absolute Gasteiger partial charge is 0.313 e. The minimum Gasteiger partial charge on any atom is -0.466 e. The van der Waals surface area contributed by atoms with E-state index in [2.05, 4.69) is 13.2 Å². The summed E-state index contributed by atoms with van der Waals surface area (Å²) in [6, 6.07) is 0. The van der Waals surface area contributed by atoms with Gasteiger partial charge in [-0.3, -0.25) is 4.79 Å². The zero-order valence-electron chi connectivity index (χ0n) is 8.51. The summed E-state index contributed by atoms with van der Waals surface area (Å²) in [4.78, 5) is 11.4. The maximum atomic E-state index is 11.4. The topological polar surface area (TPSA) is 26.3 Å². The summed E-state index contributed by atoms with van der Waals surface area (Å²) in [7, 11) is 0. The van der Waals surface area contributed by atoms with Gasteiger partial charge in [0.1, 0.15) is 0 Å². The quantitative estimate of drug-likeness (QED) is 0.466. The van der Waals surface area contributed by atoms with E-state index >= 15 is 0 Å². The molecule has 0 bridgehead atoms. The molecule has 0 saturated heterocycles. The Bertz CT molecular complexity index is 194. The molecule has 0 aliphatic heterocycles. The molecule has 0 aliphatic rings. The Morgan fingerprint density at radius 2 is 2.23 bits per heavy atom. The fourth-order valence-electron chi connectivity index (χ4n) is 1.09. The van der Waals surface area contributed by atoms with E-state index in [1.807, 2.05) is 6.92 Å². The van der Waals surface area contributed by atoms with Crippen LogP contribution >= 0.6 is 0 Å². The Labute approximate surface area is 80.3 Å². The second kappa shape index (κ2) is 6.46. The molecule has 2 nitrogen and oxygen atoms in total. The number of carbonyl (C=O) groups excluding carboxylic acids is 1. The van der Waals surface area contributed by atoms with Gasteiger partial charge in [0.05, 0.1) is 12.5 Å². The molecule has 0 radical (unpaired) electrons. The third kappa shape index (κ3) is 4.51. The lowest BCUT2D eigenvalue weighted by Gasteiger charge is -2.14. The maximum Gasteiger partial charge on any atom is 0.313 e. The first kappa shape index (κ1) is 11.9. The van der Waals surface area contributed by atoms with Gasteiger partial charge in [0, 0.05) is 0 Å². The minimum atomic E-state index is -0.170. The van der Waals surface area contributed by atoms with Crippen molar-refractivity contribution in [1.82, 2.24) is 0 Å². The van der Waals surface area contributed by atoms with Crippen LogP contribution in [0.15, 0.2) is 24.8 Å². The summed E-state index contributed by atoms with van der Waals surface area (Å²) in [5.74, 6) is -0.338. The maximum absolute atomic E-state index is 11.4. The van der Waals surface area contributed by atoms with Crippen molar-refractivity contribution in [2.45, 2.75) is 26.7 Å². The van der Waals surface area contributed by atoms with Crippen molar-refractivity contribution in [1.29, 1.82) is 0 Å². The summed E-state index contributed by atoms with van der Waals surface area (Å²) >= 11 is 0. The predicted molar refractivity (Wildman–Crippen MR) is 54.4 cm³/mol. The van der Waals surface area contributed by atoms with Gasteiger partial charge in [-0.15, -0.1) is 6.58 Å². The second-order valence-corrected chi connectivity index (χ2v) is 3.02. The van der Waals surface area contributed by atoms with E-state index < -0.39 is 0 Å². The Hall–Kier alpha value is -1.05. The first-order chi connectivity index (χ1) is 6.13. The Balaban J connectivity index is 4.15. The molecule has 1 atom stereocenters. The number of hydrogen-bond donors (Lipinski definition) is 0. The van der Waals surface area contributed by atoms with Crippen LogP contribution in [0.25, 0.3) is 0 Å². The SMILES string of the molecule is C=CCCC(C(=C)C)C(=O)OCC. The van der Waals surface area contributed by atoms with Crippen molar-refractivity contribution in [2.24, 2.45) is 5.92 Å². The largest absolute Gasteiger partial charge is 0.466 e. The lowest BCUT2D eigenvalue weighted by molar-refractivity contribution is -0.146. The molecule has 0 aromatic heterocycles. The van der Waals surface area contributed by atoms with E-state index in [1.165, 1.54) is 0 Å². The summed E-state index contributed by atoms with van der Waals surface area (Å²) in [6.07, 6.45) is 3.36. The van der Waals surface area contributed by atoms with Gasteiger partial charge < -0.3 is 4.74 Å². The average Bonchev–Trinajstić information content (AvgIpc) is 2.05. The van der Waals surface area contributed by atoms with Crippen LogP contribution in [0.1, 0.15) is 26.7 Å². The summed E-state index contributed by atoms with van der Waals surface area (Å²) in [5.41, 5.74) is 0.861. The van der Waals surface area contributed by atoms with Gasteiger partial charge in [0.25, 0.3) is 0 Å². The first-order valence-electron chi connectivity index (χ1n) is 4.56. The van der Waals surface area contributed by atoms with E-state index in [0.29, 0.717) is 6.61 Å². The zero-order valence-corrected chi connectivity index (χ0v) is 8.51. The van der Waals surface area contributed by atoms with E-state index in [0.717, 1.165) is 18.4 Å². The third-order valence-corrected chi connectivity index (χ3v) is 1.83. The van der Waals surface area contributed by atoms with Crippen molar-refractivity contribution in [3.63, 3.8) is 0 Å². The summed E-state index contributed by atoms with van der Waals surface area (Å²) in [6.45, 7) is 11.5. The van der Waals surface area contributed by atoms with Crippen LogP contribution in [0.5, 0.6) is 0 Å². The third-order valence-electron chi connectivity index (χ3n) is 1.83. The number of rotatable bonds is 6. The highest BCUT2D eigenvalue weighted by atomic mass is 16.5. The molecule has 2 heteroatoms. The Kier molecular flexibility index (Phi) is 5.94. The summed E-state index contributed by atoms with van der Waals surface area (Å²) in [5, 5.41) is 0. The summed E-state index contributed by atoms with van der Waals surface area (Å²) < 4.78 is 4.93. The van der Waals surface area contributed by atoms with Crippen molar-refractivity contribution in [3.8, 4) is 0 Å². The van der Waals surface area contributed by atoms with E-state index in [1.54, 1.807) is 13.0 Å². The fraction of sp³-hybridized carbons (Fsp3) is 0.545. The molecule has 0 N–H and O–H groups in total. The molecular formula is C11H18O2. The van der Waals surface area contributed by atoms with Crippen LogP contribution < -0.4 is 0 Å². The molecule has 0 amide bonds. The molecule has 0 fully saturated rings. The molecule has 0 spiro atoms. The van der Waals surface area contributed by atoms with Crippen LogP contribution in [0.3, 0.4) is 0 Å². The van der Waals surface area contributed by atoms with Gasteiger partial charge in [-0.1, -0.05) is 18.2 Å². The number of hydrogen-bond acceptors (Lipinski definition) is 2. The highest BCUT2D eigenvalue weighted by Crippen LogP contribution is 2.17. The van der Waals surface area contributed by atoms with Crippen molar-refractivity contribution in [3.05, 3.63) is 24.8 Å². The first-order valence-corrected chi connectivity index (χ1v) is 4.56. The fourth-order valence-corrected chi connectivity index (χ4v) is 1.09.